The minimum absolute atomic E-state index is 0.0391. The van der Waals surface area contributed by atoms with E-state index in [0.717, 1.165) is 22.1 Å². The van der Waals surface area contributed by atoms with Gasteiger partial charge in [0.2, 0.25) is 0 Å². The molecule has 0 aliphatic heterocycles. The number of thiazole rings is 1. The highest BCUT2D eigenvalue weighted by Crippen LogP contribution is 2.26. The monoisotopic (exact) mass is 309 g/mol. The molecule has 0 saturated carbocycles. The fraction of sp³-hybridized carbons (Fsp3) is 0.286. The molecule has 2 N–H and O–H groups in total. The highest BCUT2D eigenvalue weighted by Gasteiger charge is 2.08. The second-order valence-corrected chi connectivity index (χ2v) is 6.15. The number of benzene rings is 1. The molecule has 1 heterocycles. The molecule has 2 rings (SSSR count). The van der Waals surface area contributed by atoms with Gasteiger partial charge in [-0.25, -0.2) is 4.98 Å². The van der Waals surface area contributed by atoms with Crippen LogP contribution in [-0.2, 0) is 17.0 Å². The molecule has 0 atom stereocenters. The number of carbonyl (C=O) groups is 1. The highest BCUT2D eigenvalue weighted by atomic mass is 32.2. The van der Waals surface area contributed by atoms with E-state index >= 15 is 0 Å². The number of nitrogens with zero attached hydrogens (tertiary/aromatic N) is 1. The van der Waals surface area contributed by atoms with Crippen molar-refractivity contribution in [3.05, 3.63) is 40.9 Å². The first-order valence-electron chi connectivity index (χ1n) is 6.13. The van der Waals surface area contributed by atoms with Crippen molar-refractivity contribution in [1.82, 2.24) is 4.98 Å². The molecule has 2 aromatic rings. The Morgan fingerprint density at radius 3 is 3.00 bits per heavy atom. The molecule has 1 aromatic carbocycles. The summed E-state index contributed by atoms with van der Waals surface area (Å²) in [6.45, 7) is 0.190. The van der Waals surface area contributed by atoms with Gasteiger partial charge in [0.25, 0.3) is 0 Å². The van der Waals surface area contributed by atoms with Gasteiger partial charge in [-0.15, -0.1) is 11.3 Å². The molecule has 0 spiro atoms. The lowest BCUT2D eigenvalue weighted by atomic mass is 10.1. The number of thioether (sulfide) groups is 1. The minimum atomic E-state index is -0.865. The predicted molar refractivity (Wildman–Crippen MR) is 82.1 cm³/mol. The Kier molecular flexibility index (Phi) is 5.58. The summed E-state index contributed by atoms with van der Waals surface area (Å²) in [5, 5.41) is 20.2. The first-order valence-corrected chi connectivity index (χ1v) is 8.16. The van der Waals surface area contributed by atoms with Crippen molar-refractivity contribution in [3.8, 4) is 10.6 Å². The van der Waals surface area contributed by atoms with Crippen LogP contribution in [0.4, 0.5) is 0 Å². The van der Waals surface area contributed by atoms with E-state index in [1.807, 2.05) is 18.2 Å². The third-order valence-corrected chi connectivity index (χ3v) is 4.51. The van der Waals surface area contributed by atoms with Gasteiger partial charge >= 0.3 is 5.97 Å². The van der Waals surface area contributed by atoms with Gasteiger partial charge in [0, 0.05) is 22.4 Å². The number of aliphatic carboxylic acids is 1. The first kappa shape index (κ1) is 15.0. The summed E-state index contributed by atoms with van der Waals surface area (Å²) >= 11 is 3.14. The summed E-state index contributed by atoms with van der Waals surface area (Å²) in [5.41, 5.74) is 2.78. The summed E-state index contributed by atoms with van der Waals surface area (Å²) in [4.78, 5) is 15.0. The number of aromatic nitrogens is 1. The molecule has 6 heteroatoms. The van der Waals surface area contributed by atoms with Crippen molar-refractivity contribution in [3.63, 3.8) is 0 Å². The molecule has 0 radical (unpaired) electrons. The van der Waals surface area contributed by atoms with Crippen LogP contribution in [0.25, 0.3) is 10.6 Å². The molecule has 0 fully saturated rings. The summed E-state index contributed by atoms with van der Waals surface area (Å²) in [6.07, 6.45) is -0.0391. The van der Waals surface area contributed by atoms with Gasteiger partial charge in [-0.3, -0.25) is 4.79 Å². The van der Waals surface area contributed by atoms with Crippen molar-refractivity contribution in [1.29, 1.82) is 0 Å². The number of hydrogen-bond donors (Lipinski definition) is 2. The zero-order valence-electron chi connectivity index (χ0n) is 10.8. The van der Waals surface area contributed by atoms with Crippen LogP contribution >= 0.6 is 23.1 Å². The highest BCUT2D eigenvalue weighted by molar-refractivity contribution is 7.98. The normalized spacial score (nSPS) is 10.7. The molecule has 1 aromatic heterocycles. The maximum absolute atomic E-state index is 10.7. The van der Waals surface area contributed by atoms with Crippen LogP contribution in [-0.4, -0.2) is 33.5 Å². The van der Waals surface area contributed by atoms with Crippen molar-refractivity contribution in [2.75, 3.05) is 12.4 Å². The van der Waals surface area contributed by atoms with Gasteiger partial charge in [0.1, 0.15) is 5.01 Å². The Morgan fingerprint density at radius 2 is 2.25 bits per heavy atom. The molecule has 0 aliphatic rings. The van der Waals surface area contributed by atoms with E-state index in [1.54, 1.807) is 17.1 Å². The topological polar surface area (TPSA) is 70.4 Å². The van der Waals surface area contributed by atoms with E-state index < -0.39 is 5.97 Å². The SMILES string of the molecule is O=C(O)Cc1csc(-c2cccc(CSCCO)c2)n1. The third-order valence-electron chi connectivity index (χ3n) is 2.56. The lowest BCUT2D eigenvalue weighted by Gasteiger charge is -2.03. The lowest BCUT2D eigenvalue weighted by molar-refractivity contribution is -0.136. The molecule has 0 amide bonds. The Hall–Kier alpha value is -1.37. The van der Waals surface area contributed by atoms with Crippen LogP contribution in [0.15, 0.2) is 29.6 Å². The van der Waals surface area contributed by atoms with Crippen molar-refractivity contribution >= 4 is 29.1 Å². The van der Waals surface area contributed by atoms with Crippen LogP contribution in [0.5, 0.6) is 0 Å². The summed E-state index contributed by atoms with van der Waals surface area (Å²) in [6, 6.07) is 8.05. The largest absolute Gasteiger partial charge is 0.481 e. The van der Waals surface area contributed by atoms with Crippen molar-refractivity contribution in [2.24, 2.45) is 0 Å². The van der Waals surface area contributed by atoms with Crippen LogP contribution in [0.2, 0.25) is 0 Å². The molecular weight excluding hydrogens is 294 g/mol. The second-order valence-electron chi connectivity index (χ2n) is 4.19. The number of aliphatic hydroxyl groups excluding tert-OH is 1. The van der Waals surface area contributed by atoms with Crippen LogP contribution < -0.4 is 0 Å². The molecule has 0 saturated heterocycles. The van der Waals surface area contributed by atoms with Gasteiger partial charge in [-0.1, -0.05) is 18.2 Å². The molecular formula is C14H15NO3S2. The number of hydrogen-bond acceptors (Lipinski definition) is 5. The molecule has 20 heavy (non-hydrogen) atoms. The number of rotatable bonds is 7. The van der Waals surface area contributed by atoms with Gasteiger partial charge < -0.3 is 10.2 Å². The predicted octanol–water partition coefficient (Wildman–Crippen LogP) is 2.66. The zero-order valence-corrected chi connectivity index (χ0v) is 12.4. The molecule has 106 valence electrons. The number of aliphatic hydroxyl groups is 1. The van der Waals surface area contributed by atoms with Crippen LogP contribution in [0.1, 0.15) is 11.3 Å². The van der Waals surface area contributed by atoms with Gasteiger partial charge in [0.15, 0.2) is 0 Å². The Labute approximate surface area is 125 Å². The second kappa shape index (κ2) is 7.42. The van der Waals surface area contributed by atoms with E-state index in [-0.39, 0.29) is 13.0 Å². The zero-order chi connectivity index (χ0) is 14.4. The van der Waals surface area contributed by atoms with Crippen LogP contribution in [0, 0.1) is 0 Å². The summed E-state index contributed by atoms with van der Waals surface area (Å²) in [7, 11) is 0. The number of carboxylic acid groups (broad SMARTS) is 1. The van der Waals surface area contributed by atoms with E-state index in [1.165, 1.54) is 16.9 Å². The van der Waals surface area contributed by atoms with Crippen molar-refractivity contribution < 1.29 is 15.0 Å². The maximum atomic E-state index is 10.7. The van der Waals surface area contributed by atoms with Gasteiger partial charge in [0.05, 0.1) is 18.7 Å². The fourth-order valence-electron chi connectivity index (χ4n) is 1.72. The number of carboxylic acids is 1. The molecule has 0 bridgehead atoms. The molecule has 0 unspecified atom stereocenters. The standard InChI is InChI=1S/C14H15NO3S2/c16-4-5-19-8-10-2-1-3-11(6-10)14-15-12(9-20-14)7-13(17)18/h1-3,6,9,16H,4-5,7-8H2,(H,17,18). The smallest absolute Gasteiger partial charge is 0.309 e. The summed E-state index contributed by atoms with van der Waals surface area (Å²) in [5.74, 6) is 0.711. The van der Waals surface area contributed by atoms with Gasteiger partial charge in [-0.05, 0) is 11.6 Å². The van der Waals surface area contributed by atoms with E-state index in [2.05, 4.69) is 11.1 Å². The summed E-state index contributed by atoms with van der Waals surface area (Å²) < 4.78 is 0. The van der Waals surface area contributed by atoms with E-state index in [4.69, 9.17) is 10.2 Å². The molecule has 0 aliphatic carbocycles. The van der Waals surface area contributed by atoms with E-state index in [0.29, 0.717) is 5.69 Å². The van der Waals surface area contributed by atoms with Crippen molar-refractivity contribution in [2.45, 2.75) is 12.2 Å². The third kappa shape index (κ3) is 4.33. The average Bonchev–Trinajstić information content (AvgIpc) is 2.87. The fourth-order valence-corrected chi connectivity index (χ4v) is 3.23. The van der Waals surface area contributed by atoms with Crippen LogP contribution in [0.3, 0.4) is 0 Å². The average molecular weight is 309 g/mol. The Bertz CT molecular complexity index is 583. The Morgan fingerprint density at radius 1 is 1.40 bits per heavy atom. The quantitative estimate of drug-likeness (QED) is 0.770. The van der Waals surface area contributed by atoms with E-state index in [9.17, 15) is 4.79 Å². The Balaban J connectivity index is 2.09. The maximum Gasteiger partial charge on any atom is 0.309 e. The van der Waals surface area contributed by atoms with Gasteiger partial charge in [-0.2, -0.15) is 11.8 Å². The minimum Gasteiger partial charge on any atom is -0.481 e. The first-order chi connectivity index (χ1) is 9.69. The lowest BCUT2D eigenvalue weighted by Crippen LogP contribution is -1.99. The molecule has 4 nitrogen and oxygen atoms in total.